The molecule has 4 N–H and O–H groups in total. The van der Waals surface area contributed by atoms with Crippen molar-refractivity contribution in [2.75, 3.05) is 17.2 Å². The van der Waals surface area contributed by atoms with Gasteiger partial charge in [-0.25, -0.2) is 18.2 Å². The number of nitrogens with one attached hydrogen (secondary N) is 4. The summed E-state index contributed by atoms with van der Waals surface area (Å²) in [7, 11) is 0. The molecule has 0 radical (unpaired) electrons. The fraction of sp³-hybridized carbons (Fsp3) is 0.130. The van der Waals surface area contributed by atoms with Gasteiger partial charge >= 0.3 is 0 Å². The summed E-state index contributed by atoms with van der Waals surface area (Å²) < 4.78 is 40.0. The van der Waals surface area contributed by atoms with Crippen LogP contribution in [0.4, 0.5) is 24.5 Å². The molecule has 0 saturated carbocycles. The Labute approximate surface area is 186 Å². The Hall–Kier alpha value is -4.39. The minimum absolute atomic E-state index is 0.327. The van der Waals surface area contributed by atoms with Gasteiger partial charge in [0.15, 0.2) is 0 Å². The lowest BCUT2D eigenvalue weighted by molar-refractivity contribution is 0.226. The van der Waals surface area contributed by atoms with Gasteiger partial charge in [0.1, 0.15) is 17.5 Å². The number of alkyl halides is 2. The predicted octanol–water partition coefficient (Wildman–Crippen LogP) is 5.43. The van der Waals surface area contributed by atoms with Crippen molar-refractivity contribution in [2.24, 2.45) is 0 Å². The van der Waals surface area contributed by atoms with Crippen molar-refractivity contribution in [3.05, 3.63) is 60.4 Å². The van der Waals surface area contributed by atoms with Crippen LogP contribution in [-0.2, 0) is 0 Å². The third kappa shape index (κ3) is 4.21. The molecular formula is C23H18F3N7. The highest BCUT2D eigenvalue weighted by atomic mass is 19.3. The zero-order chi connectivity index (χ0) is 23.5. The number of H-pyrrole nitrogens is 1. The summed E-state index contributed by atoms with van der Waals surface area (Å²) >= 11 is 0. The Bertz CT molecular complexity index is 1430. The van der Waals surface area contributed by atoms with Gasteiger partial charge < -0.3 is 15.6 Å². The fourth-order valence-corrected chi connectivity index (χ4v) is 3.56. The zero-order valence-corrected chi connectivity index (χ0v) is 17.4. The van der Waals surface area contributed by atoms with Crippen LogP contribution in [0.2, 0.25) is 0 Å². The summed E-state index contributed by atoms with van der Waals surface area (Å²) in [5, 5.41) is 23.7. The standard InChI is InChI=1S/C23H18F3N7/c1-2-30-18-7-14(24)6-15-19-21(31-4-3-17(28)22(25)26)16(11-32-23(19)33-20(15)18)13-5-12(8-27)9-29-10-13/h3-7,9-11,22,28,30H,2H2,1H3,(H2,31,32,33)/b4-3-,28-17?. The Morgan fingerprint density at radius 1 is 1.27 bits per heavy atom. The molecule has 166 valence electrons. The van der Waals surface area contributed by atoms with Gasteiger partial charge in [0.2, 0.25) is 0 Å². The Morgan fingerprint density at radius 3 is 2.82 bits per heavy atom. The van der Waals surface area contributed by atoms with Gasteiger partial charge in [-0.3, -0.25) is 10.4 Å². The van der Waals surface area contributed by atoms with Crippen LogP contribution in [0.15, 0.2) is 49.1 Å². The van der Waals surface area contributed by atoms with Crippen LogP contribution in [-0.4, -0.2) is 33.6 Å². The van der Waals surface area contributed by atoms with Crippen LogP contribution in [0.3, 0.4) is 0 Å². The average molecular weight is 449 g/mol. The molecule has 7 nitrogen and oxygen atoms in total. The minimum Gasteiger partial charge on any atom is -0.384 e. The van der Waals surface area contributed by atoms with Gasteiger partial charge in [0, 0.05) is 47.8 Å². The third-order valence-electron chi connectivity index (χ3n) is 4.97. The molecule has 3 heterocycles. The van der Waals surface area contributed by atoms with Crippen molar-refractivity contribution in [3.8, 4) is 17.2 Å². The van der Waals surface area contributed by atoms with Gasteiger partial charge in [0.25, 0.3) is 6.43 Å². The number of aromatic nitrogens is 3. The number of hydrogen-bond donors (Lipinski definition) is 4. The lowest BCUT2D eigenvalue weighted by Crippen LogP contribution is -2.05. The van der Waals surface area contributed by atoms with Crippen molar-refractivity contribution in [1.82, 2.24) is 15.0 Å². The molecule has 3 aromatic heterocycles. The smallest absolute Gasteiger partial charge is 0.279 e. The highest BCUT2D eigenvalue weighted by molar-refractivity contribution is 6.17. The largest absolute Gasteiger partial charge is 0.384 e. The van der Waals surface area contributed by atoms with E-state index in [1.807, 2.05) is 13.0 Å². The molecule has 0 aliphatic carbocycles. The molecule has 0 aliphatic heterocycles. The van der Waals surface area contributed by atoms with Crippen molar-refractivity contribution >= 4 is 39.0 Å². The van der Waals surface area contributed by atoms with E-state index < -0.39 is 18.0 Å². The molecule has 1 aromatic carbocycles. The number of halogens is 3. The highest BCUT2D eigenvalue weighted by Gasteiger charge is 2.18. The molecule has 0 bridgehead atoms. The molecule has 0 atom stereocenters. The van der Waals surface area contributed by atoms with E-state index >= 15 is 0 Å². The Kier molecular flexibility index (Phi) is 5.95. The number of pyridine rings is 2. The lowest BCUT2D eigenvalue weighted by Gasteiger charge is -2.12. The summed E-state index contributed by atoms with van der Waals surface area (Å²) in [4.78, 5) is 11.7. The second-order valence-corrected chi connectivity index (χ2v) is 7.11. The fourth-order valence-electron chi connectivity index (χ4n) is 3.56. The first-order chi connectivity index (χ1) is 15.9. The van der Waals surface area contributed by atoms with Crippen molar-refractivity contribution in [1.29, 1.82) is 10.7 Å². The van der Waals surface area contributed by atoms with Crippen molar-refractivity contribution in [3.63, 3.8) is 0 Å². The van der Waals surface area contributed by atoms with Crippen molar-refractivity contribution in [2.45, 2.75) is 13.3 Å². The number of anilines is 2. The molecule has 0 spiro atoms. The SMILES string of the molecule is CCNc1cc(F)cc2c1[nH]c1ncc(-c3cncc(C#N)c3)c(N/C=C\C(=N)C(F)F)c12. The normalized spacial score (nSPS) is 11.4. The van der Waals surface area contributed by atoms with Gasteiger partial charge in [-0.05, 0) is 31.2 Å². The molecule has 0 aliphatic rings. The van der Waals surface area contributed by atoms with Gasteiger partial charge in [-0.2, -0.15) is 5.26 Å². The summed E-state index contributed by atoms with van der Waals surface area (Å²) in [5.74, 6) is -0.459. The number of benzene rings is 1. The molecule has 33 heavy (non-hydrogen) atoms. The molecular weight excluding hydrogens is 431 g/mol. The number of rotatable bonds is 7. The minimum atomic E-state index is -2.92. The maximum atomic E-state index is 14.5. The van der Waals surface area contributed by atoms with Crippen molar-refractivity contribution < 1.29 is 13.2 Å². The van der Waals surface area contributed by atoms with Crippen LogP contribution in [0.5, 0.6) is 0 Å². The molecule has 10 heteroatoms. The predicted molar refractivity (Wildman–Crippen MR) is 122 cm³/mol. The third-order valence-corrected chi connectivity index (χ3v) is 4.97. The van der Waals surface area contributed by atoms with E-state index in [0.717, 1.165) is 6.08 Å². The van der Waals surface area contributed by atoms with E-state index in [-0.39, 0.29) is 0 Å². The van der Waals surface area contributed by atoms with Crippen LogP contribution in [0, 0.1) is 22.6 Å². The van der Waals surface area contributed by atoms with Gasteiger partial charge in [0.05, 0.1) is 33.6 Å². The van der Waals surface area contributed by atoms with Crippen LogP contribution in [0.25, 0.3) is 33.1 Å². The lowest BCUT2D eigenvalue weighted by atomic mass is 10.0. The first-order valence-corrected chi connectivity index (χ1v) is 9.96. The van der Waals surface area contributed by atoms with E-state index in [1.54, 1.807) is 18.5 Å². The first-order valence-electron chi connectivity index (χ1n) is 9.96. The zero-order valence-electron chi connectivity index (χ0n) is 17.4. The number of nitrogens with zero attached hydrogens (tertiary/aromatic N) is 3. The average Bonchev–Trinajstić information content (AvgIpc) is 3.18. The maximum Gasteiger partial charge on any atom is 0.279 e. The quantitative estimate of drug-likeness (QED) is 0.281. The first kappa shape index (κ1) is 21.8. The molecule has 4 aromatic rings. The molecule has 0 unspecified atom stereocenters. The monoisotopic (exact) mass is 449 g/mol. The summed E-state index contributed by atoms with van der Waals surface area (Å²) in [6.45, 7) is 2.46. The second-order valence-electron chi connectivity index (χ2n) is 7.11. The number of hydrogen-bond acceptors (Lipinski definition) is 6. The van der Waals surface area contributed by atoms with E-state index in [2.05, 4.69) is 25.6 Å². The van der Waals surface area contributed by atoms with Gasteiger partial charge in [-0.15, -0.1) is 0 Å². The number of fused-ring (bicyclic) bond motifs is 3. The summed E-state index contributed by atoms with van der Waals surface area (Å²) in [5.41, 5.74) is 2.62. The Morgan fingerprint density at radius 2 is 2.09 bits per heavy atom. The van der Waals surface area contributed by atoms with E-state index in [0.29, 0.717) is 56.5 Å². The molecule has 0 saturated heterocycles. The van der Waals surface area contributed by atoms with Crippen LogP contribution < -0.4 is 10.6 Å². The van der Waals surface area contributed by atoms with E-state index in [9.17, 15) is 18.4 Å². The highest BCUT2D eigenvalue weighted by Crippen LogP contribution is 2.40. The molecule has 4 rings (SSSR count). The summed E-state index contributed by atoms with van der Waals surface area (Å²) in [6, 6.07) is 6.38. The summed E-state index contributed by atoms with van der Waals surface area (Å²) in [6.07, 6.45) is 3.76. The van der Waals surface area contributed by atoms with Crippen LogP contribution in [0.1, 0.15) is 12.5 Å². The molecule has 0 fully saturated rings. The number of aromatic amines is 1. The topological polar surface area (TPSA) is 113 Å². The second kappa shape index (κ2) is 9.00. The molecule has 0 amide bonds. The number of nitriles is 1. The number of allylic oxidation sites excluding steroid dienone is 1. The van der Waals surface area contributed by atoms with E-state index in [4.69, 9.17) is 5.41 Å². The van der Waals surface area contributed by atoms with E-state index in [1.165, 1.54) is 24.5 Å². The van der Waals surface area contributed by atoms with Gasteiger partial charge in [-0.1, -0.05) is 0 Å². The van der Waals surface area contributed by atoms with Crippen LogP contribution >= 0.6 is 0 Å². The Balaban J connectivity index is 1.99. The maximum absolute atomic E-state index is 14.5.